The van der Waals surface area contributed by atoms with E-state index in [1.54, 1.807) is 30.3 Å². The van der Waals surface area contributed by atoms with E-state index in [2.05, 4.69) is 15.6 Å². The lowest BCUT2D eigenvalue weighted by Crippen LogP contribution is -2.48. The molecular formula is C30H30FN5O3. The van der Waals surface area contributed by atoms with Crippen molar-refractivity contribution >= 4 is 34.3 Å². The highest BCUT2D eigenvalue weighted by Gasteiger charge is 2.34. The molecule has 2 amide bonds. The number of aromatic nitrogens is 3. The number of Topliss-reactive ketones (excluding diaryl/α,β-unsaturated/α-hetero) is 1. The van der Waals surface area contributed by atoms with Gasteiger partial charge < -0.3 is 5.32 Å². The minimum absolute atomic E-state index is 0.00559. The molecule has 200 valence electrons. The fraction of sp³-hybridized carbons (Fsp3) is 0.300. The molecule has 9 heteroatoms. The molecule has 4 aromatic rings. The molecule has 1 aromatic heterocycles. The lowest BCUT2D eigenvalue weighted by molar-refractivity contribution is -0.127. The number of hydrogen-bond acceptors (Lipinski definition) is 5. The van der Waals surface area contributed by atoms with Crippen LogP contribution >= 0.6 is 0 Å². The van der Waals surface area contributed by atoms with E-state index in [1.807, 2.05) is 18.2 Å². The molecule has 1 heterocycles. The number of nitrogens with zero attached hydrogens (tertiary/aromatic N) is 4. The Hall–Kier alpha value is -4.40. The third-order valence-corrected chi connectivity index (χ3v) is 7.15. The smallest absolute Gasteiger partial charge is 0.249 e. The van der Waals surface area contributed by atoms with Crippen molar-refractivity contribution in [3.05, 3.63) is 89.7 Å². The first-order valence-electron chi connectivity index (χ1n) is 13.2. The SMILES string of the molecule is CC(=O)c1cccc(N(C(=O)Cn2nnc3ccccc32)[C@H](C(=O)NC2CCCCC2)c2ccc(F)cc2)c1. The number of rotatable bonds is 8. The summed E-state index contributed by atoms with van der Waals surface area (Å²) in [6, 6.07) is 18.4. The Morgan fingerprint density at radius 1 is 1.00 bits per heavy atom. The van der Waals surface area contributed by atoms with E-state index in [0.29, 0.717) is 27.8 Å². The lowest BCUT2D eigenvalue weighted by atomic mass is 9.94. The van der Waals surface area contributed by atoms with Gasteiger partial charge in [-0.3, -0.25) is 19.3 Å². The average Bonchev–Trinajstić information content (AvgIpc) is 3.35. The number of carbonyl (C=O) groups excluding carboxylic acids is 3. The second kappa shape index (κ2) is 11.6. The number of fused-ring (bicyclic) bond motifs is 1. The Bertz CT molecular complexity index is 1490. The predicted molar refractivity (Wildman–Crippen MR) is 146 cm³/mol. The molecule has 0 saturated heterocycles. The molecule has 1 N–H and O–H groups in total. The molecule has 8 nitrogen and oxygen atoms in total. The van der Waals surface area contributed by atoms with Crippen LogP contribution in [0.3, 0.4) is 0 Å². The van der Waals surface area contributed by atoms with Gasteiger partial charge in [0.1, 0.15) is 23.9 Å². The highest BCUT2D eigenvalue weighted by atomic mass is 19.1. The van der Waals surface area contributed by atoms with Gasteiger partial charge in [0.2, 0.25) is 11.8 Å². The van der Waals surface area contributed by atoms with Crippen LogP contribution in [0.25, 0.3) is 11.0 Å². The van der Waals surface area contributed by atoms with Crippen molar-refractivity contribution in [3.8, 4) is 0 Å². The zero-order valence-electron chi connectivity index (χ0n) is 21.7. The Morgan fingerprint density at radius 2 is 1.74 bits per heavy atom. The first kappa shape index (κ1) is 26.2. The fourth-order valence-electron chi connectivity index (χ4n) is 5.14. The van der Waals surface area contributed by atoms with Crippen molar-refractivity contribution in [2.45, 2.75) is 57.7 Å². The molecule has 5 rings (SSSR count). The Balaban J connectivity index is 1.59. The van der Waals surface area contributed by atoms with E-state index in [0.717, 1.165) is 32.1 Å². The van der Waals surface area contributed by atoms with Crippen LogP contribution in [0.5, 0.6) is 0 Å². The summed E-state index contributed by atoms with van der Waals surface area (Å²) in [5, 5.41) is 11.4. The predicted octanol–water partition coefficient (Wildman–Crippen LogP) is 5.00. The summed E-state index contributed by atoms with van der Waals surface area (Å²) in [5.41, 5.74) is 2.55. The highest BCUT2D eigenvalue weighted by molar-refractivity contribution is 6.03. The van der Waals surface area contributed by atoms with Crippen LogP contribution < -0.4 is 10.2 Å². The van der Waals surface area contributed by atoms with Gasteiger partial charge in [-0.25, -0.2) is 9.07 Å². The third-order valence-electron chi connectivity index (χ3n) is 7.15. The lowest BCUT2D eigenvalue weighted by Gasteiger charge is -2.33. The van der Waals surface area contributed by atoms with Gasteiger partial charge in [-0.05, 0) is 61.7 Å². The van der Waals surface area contributed by atoms with Crippen molar-refractivity contribution in [2.75, 3.05) is 4.90 Å². The molecule has 0 aliphatic heterocycles. The standard InChI is InChI=1S/C30H30FN5O3/c1-20(37)22-8-7-11-25(18-22)36(28(38)19-35-27-13-6-5-12-26(27)33-34-35)29(21-14-16-23(31)17-15-21)30(39)32-24-9-3-2-4-10-24/h5-8,11-18,24,29H,2-4,9-10,19H2,1H3,(H,32,39)/t29-/m0/s1. The van der Waals surface area contributed by atoms with Crippen molar-refractivity contribution in [2.24, 2.45) is 0 Å². The number of carbonyl (C=O) groups is 3. The molecular weight excluding hydrogens is 497 g/mol. The van der Waals surface area contributed by atoms with Gasteiger partial charge >= 0.3 is 0 Å². The van der Waals surface area contributed by atoms with Gasteiger partial charge in [-0.15, -0.1) is 5.10 Å². The molecule has 0 radical (unpaired) electrons. The number of anilines is 1. The Morgan fingerprint density at radius 3 is 2.49 bits per heavy atom. The van der Waals surface area contributed by atoms with Crippen LogP contribution in [0.4, 0.5) is 10.1 Å². The summed E-state index contributed by atoms with van der Waals surface area (Å²) in [7, 11) is 0. The summed E-state index contributed by atoms with van der Waals surface area (Å²) in [6.45, 7) is 1.25. The van der Waals surface area contributed by atoms with Crippen molar-refractivity contribution in [1.29, 1.82) is 0 Å². The summed E-state index contributed by atoms with van der Waals surface area (Å²) in [4.78, 5) is 41.7. The number of hydrogen-bond donors (Lipinski definition) is 1. The first-order chi connectivity index (χ1) is 18.9. The normalized spacial score (nSPS) is 14.6. The van der Waals surface area contributed by atoms with Crippen LogP contribution in [0.2, 0.25) is 0 Å². The molecule has 1 atom stereocenters. The average molecular weight is 528 g/mol. The summed E-state index contributed by atoms with van der Waals surface area (Å²) in [5.74, 6) is -1.41. The third kappa shape index (κ3) is 5.87. The van der Waals surface area contributed by atoms with E-state index in [9.17, 15) is 18.8 Å². The number of nitrogens with one attached hydrogen (secondary N) is 1. The maximum absolute atomic E-state index is 14.1. The van der Waals surface area contributed by atoms with E-state index in [-0.39, 0.29) is 24.3 Å². The minimum Gasteiger partial charge on any atom is -0.351 e. The van der Waals surface area contributed by atoms with E-state index >= 15 is 0 Å². The first-order valence-corrected chi connectivity index (χ1v) is 13.2. The van der Waals surface area contributed by atoms with E-state index in [4.69, 9.17) is 0 Å². The number of ketones is 1. The summed E-state index contributed by atoms with van der Waals surface area (Å²) in [6.07, 6.45) is 4.90. The van der Waals surface area contributed by atoms with E-state index < -0.39 is 17.8 Å². The van der Waals surface area contributed by atoms with Crippen LogP contribution in [0.15, 0.2) is 72.8 Å². The van der Waals surface area contributed by atoms with Crippen LogP contribution in [-0.2, 0) is 16.1 Å². The second-order valence-electron chi connectivity index (χ2n) is 9.90. The van der Waals surface area contributed by atoms with Gasteiger partial charge in [0.25, 0.3) is 0 Å². The molecule has 1 fully saturated rings. The van der Waals surface area contributed by atoms with Crippen LogP contribution in [0, 0.1) is 5.82 Å². The molecule has 0 spiro atoms. The van der Waals surface area contributed by atoms with Crippen molar-refractivity contribution in [1.82, 2.24) is 20.3 Å². The topological polar surface area (TPSA) is 97.2 Å². The maximum Gasteiger partial charge on any atom is 0.249 e. The number of halogens is 1. The quantitative estimate of drug-likeness (QED) is 0.326. The van der Waals surface area contributed by atoms with Crippen LogP contribution in [-0.4, -0.2) is 38.6 Å². The molecule has 39 heavy (non-hydrogen) atoms. The van der Waals surface area contributed by atoms with Gasteiger partial charge in [0.05, 0.1) is 5.52 Å². The Labute approximate surface area is 225 Å². The summed E-state index contributed by atoms with van der Waals surface area (Å²) >= 11 is 0. The number of amides is 2. The molecule has 1 saturated carbocycles. The molecule has 1 aliphatic carbocycles. The molecule has 3 aromatic carbocycles. The number of benzene rings is 3. The zero-order valence-corrected chi connectivity index (χ0v) is 21.7. The molecule has 1 aliphatic rings. The molecule has 0 unspecified atom stereocenters. The summed E-state index contributed by atoms with van der Waals surface area (Å²) < 4.78 is 15.4. The minimum atomic E-state index is -1.10. The largest absolute Gasteiger partial charge is 0.351 e. The van der Waals surface area contributed by atoms with Crippen molar-refractivity contribution < 1.29 is 18.8 Å². The maximum atomic E-state index is 14.1. The van der Waals surface area contributed by atoms with Gasteiger partial charge in [0.15, 0.2) is 5.78 Å². The van der Waals surface area contributed by atoms with E-state index in [1.165, 1.54) is 40.8 Å². The van der Waals surface area contributed by atoms with Crippen molar-refractivity contribution in [3.63, 3.8) is 0 Å². The van der Waals surface area contributed by atoms with Gasteiger partial charge in [-0.1, -0.05) is 60.9 Å². The highest BCUT2D eigenvalue weighted by Crippen LogP contribution is 2.31. The van der Waals surface area contributed by atoms with Crippen LogP contribution in [0.1, 0.15) is 61.0 Å². The van der Waals surface area contributed by atoms with Gasteiger partial charge in [-0.2, -0.15) is 0 Å². The monoisotopic (exact) mass is 527 g/mol. The fourth-order valence-corrected chi connectivity index (χ4v) is 5.14. The number of para-hydroxylation sites is 1. The molecule has 0 bridgehead atoms. The second-order valence-corrected chi connectivity index (χ2v) is 9.90. The zero-order chi connectivity index (χ0) is 27.4. The Kier molecular flexibility index (Phi) is 7.76. The van der Waals surface area contributed by atoms with Gasteiger partial charge in [0, 0.05) is 17.3 Å².